The Labute approximate surface area is 108 Å². The molecule has 0 radical (unpaired) electrons. The number of aromatic nitrogens is 2. The van der Waals surface area contributed by atoms with Gasteiger partial charge in [0, 0.05) is 16.6 Å². The van der Waals surface area contributed by atoms with Crippen LogP contribution in [-0.4, -0.2) is 9.78 Å². The first-order chi connectivity index (χ1) is 9.15. The summed E-state index contributed by atoms with van der Waals surface area (Å²) in [6.45, 7) is 0.0332. The molecule has 1 aromatic heterocycles. The SMILES string of the molecule is Nc1ccc2cnn(Cc3c(F)cccc3F)c2c1. The Morgan fingerprint density at radius 3 is 2.58 bits per heavy atom. The fourth-order valence-electron chi connectivity index (χ4n) is 2.05. The maximum absolute atomic E-state index is 13.6. The normalized spacial score (nSPS) is 11.1. The smallest absolute Gasteiger partial charge is 0.131 e. The third-order valence-electron chi connectivity index (χ3n) is 3.04. The zero-order chi connectivity index (χ0) is 13.4. The Balaban J connectivity index is 2.08. The zero-order valence-corrected chi connectivity index (χ0v) is 9.98. The van der Waals surface area contributed by atoms with Crippen LogP contribution in [0.4, 0.5) is 14.5 Å². The van der Waals surface area contributed by atoms with Crippen molar-refractivity contribution in [1.29, 1.82) is 0 Å². The topological polar surface area (TPSA) is 43.8 Å². The molecule has 5 heteroatoms. The monoisotopic (exact) mass is 259 g/mol. The number of halogens is 2. The lowest BCUT2D eigenvalue weighted by molar-refractivity contribution is 0.537. The highest BCUT2D eigenvalue weighted by atomic mass is 19.1. The Kier molecular flexibility index (Phi) is 2.67. The fraction of sp³-hybridized carbons (Fsp3) is 0.0714. The van der Waals surface area contributed by atoms with E-state index in [1.165, 1.54) is 22.9 Å². The first kappa shape index (κ1) is 11.6. The number of anilines is 1. The highest BCUT2D eigenvalue weighted by Gasteiger charge is 2.11. The van der Waals surface area contributed by atoms with Gasteiger partial charge in [0.25, 0.3) is 0 Å². The van der Waals surface area contributed by atoms with Crippen LogP contribution in [0.1, 0.15) is 5.56 Å². The average molecular weight is 259 g/mol. The van der Waals surface area contributed by atoms with Crippen LogP contribution in [0.2, 0.25) is 0 Å². The van der Waals surface area contributed by atoms with Crippen LogP contribution in [0.25, 0.3) is 10.9 Å². The largest absolute Gasteiger partial charge is 0.399 e. The first-order valence-electron chi connectivity index (χ1n) is 5.79. The molecule has 0 unspecified atom stereocenters. The van der Waals surface area contributed by atoms with Crippen molar-refractivity contribution in [3.8, 4) is 0 Å². The summed E-state index contributed by atoms with van der Waals surface area (Å²) in [5.41, 5.74) is 7.05. The standard InChI is InChI=1S/C14H11F2N3/c15-12-2-1-3-13(16)11(12)8-19-14-6-10(17)5-4-9(14)7-18-19/h1-7H,8,17H2. The van der Waals surface area contributed by atoms with E-state index in [2.05, 4.69) is 5.10 Å². The summed E-state index contributed by atoms with van der Waals surface area (Å²) in [7, 11) is 0. The van der Waals surface area contributed by atoms with Gasteiger partial charge in [0.1, 0.15) is 11.6 Å². The van der Waals surface area contributed by atoms with Gasteiger partial charge in [0.15, 0.2) is 0 Å². The molecular formula is C14H11F2N3. The summed E-state index contributed by atoms with van der Waals surface area (Å²) >= 11 is 0. The summed E-state index contributed by atoms with van der Waals surface area (Å²) in [5, 5.41) is 5.02. The highest BCUT2D eigenvalue weighted by Crippen LogP contribution is 2.20. The second kappa shape index (κ2) is 4.35. The van der Waals surface area contributed by atoms with E-state index in [0.717, 1.165) is 10.9 Å². The third kappa shape index (κ3) is 2.03. The van der Waals surface area contributed by atoms with Gasteiger partial charge >= 0.3 is 0 Å². The predicted octanol–water partition coefficient (Wildman–Crippen LogP) is 2.95. The minimum Gasteiger partial charge on any atom is -0.399 e. The van der Waals surface area contributed by atoms with E-state index in [9.17, 15) is 8.78 Å². The zero-order valence-electron chi connectivity index (χ0n) is 9.98. The molecule has 0 saturated carbocycles. The van der Waals surface area contributed by atoms with Crippen molar-refractivity contribution in [2.45, 2.75) is 6.54 Å². The molecule has 1 heterocycles. The summed E-state index contributed by atoms with van der Waals surface area (Å²) in [6.07, 6.45) is 1.65. The number of hydrogen-bond acceptors (Lipinski definition) is 2. The van der Waals surface area contributed by atoms with Gasteiger partial charge in [0.05, 0.1) is 18.3 Å². The molecule has 3 nitrogen and oxygen atoms in total. The van der Waals surface area contributed by atoms with Crippen molar-refractivity contribution >= 4 is 16.6 Å². The molecule has 2 aromatic carbocycles. The number of nitrogen functional groups attached to an aromatic ring is 1. The molecule has 2 N–H and O–H groups in total. The quantitative estimate of drug-likeness (QED) is 0.719. The molecule has 3 rings (SSSR count). The van der Waals surface area contributed by atoms with Gasteiger partial charge in [-0.3, -0.25) is 4.68 Å². The van der Waals surface area contributed by atoms with E-state index in [-0.39, 0.29) is 12.1 Å². The molecule has 0 amide bonds. The van der Waals surface area contributed by atoms with Crippen molar-refractivity contribution in [2.75, 3.05) is 5.73 Å². The van der Waals surface area contributed by atoms with Crippen molar-refractivity contribution in [3.63, 3.8) is 0 Å². The number of rotatable bonds is 2. The Hall–Kier alpha value is -2.43. The van der Waals surface area contributed by atoms with Gasteiger partial charge in [-0.25, -0.2) is 8.78 Å². The second-order valence-corrected chi connectivity index (χ2v) is 4.32. The van der Waals surface area contributed by atoms with Crippen LogP contribution in [0.15, 0.2) is 42.6 Å². The first-order valence-corrected chi connectivity index (χ1v) is 5.79. The molecule has 0 bridgehead atoms. The van der Waals surface area contributed by atoms with Gasteiger partial charge in [-0.2, -0.15) is 5.10 Å². The van der Waals surface area contributed by atoms with E-state index in [1.54, 1.807) is 18.3 Å². The molecule has 19 heavy (non-hydrogen) atoms. The van der Waals surface area contributed by atoms with Crippen LogP contribution >= 0.6 is 0 Å². The van der Waals surface area contributed by atoms with E-state index in [4.69, 9.17) is 5.73 Å². The number of hydrogen-bond donors (Lipinski definition) is 1. The summed E-state index contributed by atoms with van der Waals surface area (Å²) < 4.78 is 28.8. The Morgan fingerprint density at radius 2 is 1.84 bits per heavy atom. The lowest BCUT2D eigenvalue weighted by Crippen LogP contribution is -2.06. The maximum atomic E-state index is 13.6. The summed E-state index contributed by atoms with van der Waals surface area (Å²) in [6, 6.07) is 9.13. The lowest BCUT2D eigenvalue weighted by Gasteiger charge is -2.06. The van der Waals surface area contributed by atoms with E-state index < -0.39 is 11.6 Å². The van der Waals surface area contributed by atoms with Crippen LogP contribution in [0.5, 0.6) is 0 Å². The number of nitrogens with zero attached hydrogens (tertiary/aromatic N) is 2. The molecule has 0 aliphatic carbocycles. The van der Waals surface area contributed by atoms with Gasteiger partial charge < -0.3 is 5.73 Å². The van der Waals surface area contributed by atoms with Crippen LogP contribution in [-0.2, 0) is 6.54 Å². The number of fused-ring (bicyclic) bond motifs is 1. The molecular weight excluding hydrogens is 248 g/mol. The molecule has 0 atom stereocenters. The summed E-state index contributed by atoms with van der Waals surface area (Å²) in [5.74, 6) is -1.15. The molecule has 96 valence electrons. The maximum Gasteiger partial charge on any atom is 0.131 e. The van der Waals surface area contributed by atoms with Crippen molar-refractivity contribution in [1.82, 2.24) is 9.78 Å². The van der Waals surface area contributed by atoms with Crippen LogP contribution in [0, 0.1) is 11.6 Å². The predicted molar refractivity (Wildman–Crippen MR) is 69.6 cm³/mol. The number of benzene rings is 2. The van der Waals surface area contributed by atoms with Crippen molar-refractivity contribution < 1.29 is 8.78 Å². The Bertz CT molecular complexity index is 729. The van der Waals surface area contributed by atoms with Gasteiger partial charge in [-0.15, -0.1) is 0 Å². The third-order valence-corrected chi connectivity index (χ3v) is 3.04. The minimum absolute atomic E-state index is 0.00470. The molecule has 0 fully saturated rings. The Morgan fingerprint density at radius 1 is 1.11 bits per heavy atom. The molecule has 0 spiro atoms. The van der Waals surface area contributed by atoms with Crippen LogP contribution in [0.3, 0.4) is 0 Å². The van der Waals surface area contributed by atoms with Gasteiger partial charge in [0.2, 0.25) is 0 Å². The fourth-order valence-corrected chi connectivity index (χ4v) is 2.05. The number of nitrogens with two attached hydrogens (primary N) is 1. The lowest BCUT2D eigenvalue weighted by atomic mass is 10.2. The van der Waals surface area contributed by atoms with Crippen molar-refractivity contribution in [2.24, 2.45) is 0 Å². The van der Waals surface area contributed by atoms with Crippen LogP contribution < -0.4 is 5.73 Å². The average Bonchev–Trinajstić information content (AvgIpc) is 2.76. The molecule has 3 aromatic rings. The van der Waals surface area contributed by atoms with Gasteiger partial charge in [-0.05, 0) is 30.3 Å². The van der Waals surface area contributed by atoms with Gasteiger partial charge in [-0.1, -0.05) is 6.07 Å². The molecule has 0 saturated heterocycles. The van der Waals surface area contributed by atoms with E-state index in [0.29, 0.717) is 5.69 Å². The van der Waals surface area contributed by atoms with E-state index in [1.807, 2.05) is 6.07 Å². The molecule has 0 aliphatic heterocycles. The van der Waals surface area contributed by atoms with Crippen molar-refractivity contribution in [3.05, 3.63) is 59.8 Å². The highest BCUT2D eigenvalue weighted by molar-refractivity contribution is 5.81. The summed E-state index contributed by atoms with van der Waals surface area (Å²) in [4.78, 5) is 0. The van der Waals surface area contributed by atoms with E-state index >= 15 is 0 Å². The minimum atomic E-state index is -0.576. The molecule has 0 aliphatic rings. The second-order valence-electron chi connectivity index (χ2n) is 4.32.